The predicted octanol–water partition coefficient (Wildman–Crippen LogP) is 2.75. The van der Waals surface area contributed by atoms with Gasteiger partial charge in [0.05, 0.1) is 4.70 Å². The zero-order valence-corrected chi connectivity index (χ0v) is 12.0. The largest absolute Gasteiger partial charge is 0.345 e. The minimum Gasteiger partial charge on any atom is -0.345 e. The maximum absolute atomic E-state index is 13.6. The Morgan fingerprint density at radius 3 is 2.53 bits per heavy atom. The maximum Gasteiger partial charge on any atom is 0.186 e. The number of aromatic nitrogens is 1. The third kappa shape index (κ3) is 2.80. The molecule has 0 spiro atoms. The molecule has 0 N–H and O–H groups in total. The molecule has 2 heterocycles. The zero-order chi connectivity index (χ0) is 12.7. The summed E-state index contributed by atoms with van der Waals surface area (Å²) in [6.07, 6.45) is 0. The highest BCUT2D eigenvalue weighted by atomic mass is 35.5. The van der Waals surface area contributed by atoms with Crippen LogP contribution < -0.4 is 4.90 Å². The molecule has 1 saturated heterocycles. The number of likely N-dealkylation sites (N-methyl/N-ethyl adjacent to an activating group) is 1. The van der Waals surface area contributed by atoms with Crippen LogP contribution in [0.15, 0.2) is 12.1 Å². The Morgan fingerprint density at radius 2 is 1.84 bits per heavy atom. The summed E-state index contributed by atoms with van der Waals surface area (Å²) in [7, 11) is 2.07. The number of nitrogens with zero attached hydrogens (tertiary/aromatic N) is 3. The number of halogens is 3. The Labute approximate surface area is 120 Å². The average Bonchev–Trinajstić information content (AvgIpc) is 2.74. The first-order valence-corrected chi connectivity index (χ1v) is 6.64. The van der Waals surface area contributed by atoms with Crippen LogP contribution in [-0.2, 0) is 0 Å². The fraction of sp³-hybridized carbons (Fsp3) is 0.417. The molecular formula is C12H14ClF2N3S. The van der Waals surface area contributed by atoms with Gasteiger partial charge in [0.1, 0.15) is 11.3 Å². The van der Waals surface area contributed by atoms with E-state index >= 15 is 0 Å². The van der Waals surface area contributed by atoms with Crippen molar-refractivity contribution < 1.29 is 8.78 Å². The highest BCUT2D eigenvalue weighted by molar-refractivity contribution is 7.22. The van der Waals surface area contributed by atoms with Crippen molar-refractivity contribution in [3.63, 3.8) is 0 Å². The molecule has 19 heavy (non-hydrogen) atoms. The van der Waals surface area contributed by atoms with Crippen molar-refractivity contribution in [1.82, 2.24) is 9.88 Å². The minimum atomic E-state index is -0.582. The number of fused-ring (bicyclic) bond motifs is 1. The van der Waals surface area contributed by atoms with Crippen LogP contribution in [0.1, 0.15) is 0 Å². The standard InChI is InChI=1S/C12H13F2N3S.ClH/c1-16-2-4-17(5-3-16)12-15-11-9(14)6-8(13)7-10(11)18-12;/h6-7H,2-5H2,1H3;1H. The second-order valence-electron chi connectivity index (χ2n) is 4.52. The van der Waals surface area contributed by atoms with Crippen LogP contribution >= 0.6 is 23.7 Å². The maximum atomic E-state index is 13.6. The lowest BCUT2D eigenvalue weighted by molar-refractivity contribution is 0.313. The molecule has 1 aromatic carbocycles. The third-order valence-electron chi connectivity index (χ3n) is 3.18. The second kappa shape index (κ2) is 5.56. The van der Waals surface area contributed by atoms with Gasteiger partial charge in [-0.15, -0.1) is 12.4 Å². The van der Waals surface area contributed by atoms with E-state index in [0.29, 0.717) is 4.70 Å². The van der Waals surface area contributed by atoms with Crippen molar-refractivity contribution in [1.29, 1.82) is 0 Å². The lowest BCUT2D eigenvalue weighted by Crippen LogP contribution is -2.44. The van der Waals surface area contributed by atoms with Gasteiger partial charge in [-0.2, -0.15) is 0 Å². The lowest BCUT2D eigenvalue weighted by Gasteiger charge is -2.31. The van der Waals surface area contributed by atoms with Crippen molar-refractivity contribution in [3.8, 4) is 0 Å². The van der Waals surface area contributed by atoms with E-state index in [0.717, 1.165) is 37.4 Å². The SMILES string of the molecule is CN1CCN(c2nc3c(F)cc(F)cc3s2)CC1.Cl. The topological polar surface area (TPSA) is 19.4 Å². The van der Waals surface area contributed by atoms with Crippen molar-refractivity contribution in [2.24, 2.45) is 0 Å². The van der Waals surface area contributed by atoms with Gasteiger partial charge in [0.15, 0.2) is 10.9 Å². The first-order chi connectivity index (χ1) is 8.63. The third-order valence-corrected chi connectivity index (χ3v) is 4.24. The van der Waals surface area contributed by atoms with Crippen molar-refractivity contribution in [3.05, 3.63) is 23.8 Å². The van der Waals surface area contributed by atoms with Gasteiger partial charge in [-0.05, 0) is 13.1 Å². The first-order valence-electron chi connectivity index (χ1n) is 5.82. The van der Waals surface area contributed by atoms with Crippen LogP contribution in [0.5, 0.6) is 0 Å². The number of benzene rings is 1. The molecular weight excluding hydrogens is 292 g/mol. The molecule has 0 atom stereocenters. The molecule has 1 fully saturated rings. The van der Waals surface area contributed by atoms with E-state index in [2.05, 4.69) is 21.8 Å². The molecule has 3 rings (SSSR count). The van der Waals surface area contributed by atoms with E-state index < -0.39 is 11.6 Å². The van der Waals surface area contributed by atoms with E-state index in [1.54, 1.807) is 0 Å². The molecule has 104 valence electrons. The fourth-order valence-corrected chi connectivity index (χ4v) is 3.14. The number of anilines is 1. The highest BCUT2D eigenvalue weighted by Gasteiger charge is 2.19. The summed E-state index contributed by atoms with van der Waals surface area (Å²) < 4.78 is 27.3. The van der Waals surface area contributed by atoms with Crippen molar-refractivity contribution in [2.75, 3.05) is 38.1 Å². The average molecular weight is 306 g/mol. The molecule has 1 aliphatic heterocycles. The molecule has 0 unspecified atom stereocenters. The normalized spacial score (nSPS) is 16.7. The van der Waals surface area contributed by atoms with Gasteiger partial charge in [0.2, 0.25) is 0 Å². The van der Waals surface area contributed by atoms with Crippen LogP contribution in [0, 0.1) is 11.6 Å². The monoisotopic (exact) mass is 305 g/mol. The van der Waals surface area contributed by atoms with E-state index in [-0.39, 0.29) is 17.9 Å². The van der Waals surface area contributed by atoms with Gasteiger partial charge in [-0.3, -0.25) is 0 Å². The van der Waals surface area contributed by atoms with Crippen LogP contribution in [0.4, 0.5) is 13.9 Å². The lowest BCUT2D eigenvalue weighted by atomic mass is 10.3. The molecule has 0 amide bonds. The van der Waals surface area contributed by atoms with Crippen LogP contribution in [0.3, 0.4) is 0 Å². The Hall–Kier alpha value is -0.980. The summed E-state index contributed by atoms with van der Waals surface area (Å²) in [6.45, 7) is 3.68. The van der Waals surface area contributed by atoms with Gasteiger partial charge in [-0.1, -0.05) is 11.3 Å². The molecule has 0 radical (unpaired) electrons. The van der Waals surface area contributed by atoms with Gasteiger partial charge in [0, 0.05) is 32.2 Å². The van der Waals surface area contributed by atoms with Crippen molar-refractivity contribution >= 4 is 39.1 Å². The number of hydrogen-bond acceptors (Lipinski definition) is 4. The summed E-state index contributed by atoms with van der Waals surface area (Å²) in [5, 5.41) is 0.780. The van der Waals surface area contributed by atoms with Crippen molar-refractivity contribution in [2.45, 2.75) is 0 Å². The molecule has 0 saturated carbocycles. The number of thiazole rings is 1. The van der Waals surface area contributed by atoms with E-state index in [9.17, 15) is 8.78 Å². The summed E-state index contributed by atoms with van der Waals surface area (Å²) in [6, 6.07) is 2.23. The van der Waals surface area contributed by atoms with E-state index in [1.807, 2.05) is 0 Å². The molecule has 1 aromatic heterocycles. The minimum absolute atomic E-state index is 0. The highest BCUT2D eigenvalue weighted by Crippen LogP contribution is 2.31. The Balaban J connectivity index is 0.00000133. The fourth-order valence-electron chi connectivity index (χ4n) is 2.08. The Morgan fingerprint density at radius 1 is 1.16 bits per heavy atom. The number of hydrogen-bond donors (Lipinski definition) is 0. The van der Waals surface area contributed by atoms with Crippen LogP contribution in [-0.4, -0.2) is 43.1 Å². The first kappa shape index (κ1) is 14.4. The summed E-state index contributed by atoms with van der Waals surface area (Å²) >= 11 is 1.35. The molecule has 0 bridgehead atoms. The Bertz CT molecular complexity index is 582. The van der Waals surface area contributed by atoms with E-state index in [4.69, 9.17) is 0 Å². The zero-order valence-electron chi connectivity index (χ0n) is 10.4. The molecule has 1 aliphatic rings. The molecule has 7 heteroatoms. The predicted molar refractivity (Wildman–Crippen MR) is 76.5 cm³/mol. The van der Waals surface area contributed by atoms with Crippen LogP contribution in [0.25, 0.3) is 10.2 Å². The molecule has 2 aromatic rings. The van der Waals surface area contributed by atoms with Gasteiger partial charge in [0.25, 0.3) is 0 Å². The summed E-state index contributed by atoms with van der Waals surface area (Å²) in [4.78, 5) is 8.65. The Kier molecular flexibility index (Phi) is 4.23. The second-order valence-corrected chi connectivity index (χ2v) is 5.53. The molecule has 3 nitrogen and oxygen atoms in total. The van der Waals surface area contributed by atoms with Crippen LogP contribution in [0.2, 0.25) is 0 Å². The summed E-state index contributed by atoms with van der Waals surface area (Å²) in [5.41, 5.74) is 0.273. The number of rotatable bonds is 1. The van der Waals surface area contributed by atoms with Gasteiger partial charge >= 0.3 is 0 Å². The molecule has 0 aliphatic carbocycles. The van der Waals surface area contributed by atoms with E-state index in [1.165, 1.54) is 17.4 Å². The quantitative estimate of drug-likeness (QED) is 0.807. The number of piperazine rings is 1. The van der Waals surface area contributed by atoms with Gasteiger partial charge < -0.3 is 9.80 Å². The smallest absolute Gasteiger partial charge is 0.186 e. The summed E-state index contributed by atoms with van der Waals surface area (Å²) in [5.74, 6) is -1.13. The van der Waals surface area contributed by atoms with Gasteiger partial charge in [-0.25, -0.2) is 13.8 Å².